The molecule has 1 aliphatic carbocycles. The minimum atomic E-state index is -0.405. The van der Waals surface area contributed by atoms with E-state index in [1.54, 1.807) is 9.80 Å². The number of aliphatic imine (C=N–C) groups is 1. The average Bonchev–Trinajstić information content (AvgIpc) is 3.32. The van der Waals surface area contributed by atoms with Crippen molar-refractivity contribution in [3.63, 3.8) is 0 Å². The van der Waals surface area contributed by atoms with Gasteiger partial charge in [0, 0.05) is 56.4 Å². The molecule has 0 unspecified atom stereocenters. The second kappa shape index (κ2) is 11.6. The number of allylic oxidation sites excluding steroid dienone is 1. The molecule has 0 bridgehead atoms. The summed E-state index contributed by atoms with van der Waals surface area (Å²) < 4.78 is 25.1. The first-order chi connectivity index (χ1) is 17.2. The maximum absolute atomic E-state index is 13.5. The Bertz CT molecular complexity index is 1040. The van der Waals surface area contributed by atoms with Gasteiger partial charge in [-0.15, -0.1) is 0 Å². The molecular weight excluding hydrogens is 487 g/mol. The lowest BCUT2D eigenvalue weighted by molar-refractivity contribution is -0.139. The van der Waals surface area contributed by atoms with Gasteiger partial charge in [-0.05, 0) is 45.2 Å². The number of halogens is 2. The molecule has 1 aromatic carbocycles. The standard InChI is InChI=1S/C26H34ClFN4O4/c1-16-14-32(15-17(2)35-16)26(34)25(29)20-4-3-5-22(20)30-13-24(33)31-10-8-19(9-11-31)36-23-12-18(28)6-7-21(23)27/h6-7,12,16-17,19H,3-5,8-11,13-15,29H2,1-2H3/b25-20-,30-22?/t16-,17+. The first-order valence-electron chi connectivity index (χ1n) is 12.6. The van der Waals surface area contributed by atoms with E-state index in [0.29, 0.717) is 62.6 Å². The van der Waals surface area contributed by atoms with Gasteiger partial charge in [-0.25, -0.2) is 4.39 Å². The number of likely N-dealkylation sites (tertiary alicyclic amines) is 1. The Hall–Kier alpha value is -2.65. The number of piperidine rings is 1. The van der Waals surface area contributed by atoms with Crippen molar-refractivity contribution in [2.75, 3.05) is 32.7 Å². The van der Waals surface area contributed by atoms with Gasteiger partial charge < -0.3 is 25.0 Å². The third kappa shape index (κ3) is 6.37. The zero-order chi connectivity index (χ0) is 25.8. The summed E-state index contributed by atoms with van der Waals surface area (Å²) in [5.74, 6) is -0.343. The van der Waals surface area contributed by atoms with Gasteiger partial charge in [0.1, 0.15) is 29.9 Å². The van der Waals surface area contributed by atoms with E-state index in [9.17, 15) is 14.0 Å². The molecule has 0 aromatic heterocycles. The highest BCUT2D eigenvalue weighted by Crippen LogP contribution is 2.28. The molecule has 2 saturated heterocycles. The maximum atomic E-state index is 13.5. The van der Waals surface area contributed by atoms with Crippen molar-refractivity contribution in [2.24, 2.45) is 10.7 Å². The fourth-order valence-corrected chi connectivity index (χ4v) is 5.23. The van der Waals surface area contributed by atoms with Gasteiger partial charge in [-0.2, -0.15) is 0 Å². The molecule has 2 amide bonds. The Balaban J connectivity index is 1.32. The quantitative estimate of drug-likeness (QED) is 0.601. The summed E-state index contributed by atoms with van der Waals surface area (Å²) in [6.45, 7) is 5.97. The molecular formula is C26H34ClFN4O4. The lowest BCUT2D eigenvalue weighted by Crippen LogP contribution is -2.49. The predicted molar refractivity (Wildman–Crippen MR) is 136 cm³/mol. The minimum Gasteiger partial charge on any atom is -0.489 e. The number of nitrogens with zero attached hydrogens (tertiary/aromatic N) is 3. The van der Waals surface area contributed by atoms with Crippen LogP contribution in [0.2, 0.25) is 5.02 Å². The van der Waals surface area contributed by atoms with E-state index in [-0.39, 0.29) is 42.4 Å². The second-order valence-corrected chi connectivity index (χ2v) is 10.2. The third-order valence-corrected chi connectivity index (χ3v) is 7.15. The Labute approximate surface area is 216 Å². The summed E-state index contributed by atoms with van der Waals surface area (Å²) in [6, 6.07) is 4.04. The molecule has 2 aliphatic heterocycles. The van der Waals surface area contributed by atoms with Crippen LogP contribution in [0.4, 0.5) is 4.39 Å². The van der Waals surface area contributed by atoms with E-state index in [4.69, 9.17) is 26.8 Å². The topological polar surface area (TPSA) is 97.5 Å². The van der Waals surface area contributed by atoms with Crippen LogP contribution in [0.5, 0.6) is 5.75 Å². The number of benzene rings is 1. The molecule has 2 N–H and O–H groups in total. The molecule has 8 nitrogen and oxygen atoms in total. The van der Waals surface area contributed by atoms with Crippen molar-refractivity contribution in [1.82, 2.24) is 9.80 Å². The van der Waals surface area contributed by atoms with E-state index in [1.807, 2.05) is 13.8 Å². The summed E-state index contributed by atoms with van der Waals surface area (Å²) in [4.78, 5) is 33.9. The van der Waals surface area contributed by atoms with Crippen molar-refractivity contribution >= 4 is 29.1 Å². The first kappa shape index (κ1) is 26.4. The van der Waals surface area contributed by atoms with Crippen LogP contribution in [0.15, 0.2) is 34.5 Å². The Morgan fingerprint density at radius 3 is 2.56 bits per heavy atom. The fourth-order valence-electron chi connectivity index (χ4n) is 5.07. The first-order valence-corrected chi connectivity index (χ1v) is 13.0. The van der Waals surface area contributed by atoms with Crippen molar-refractivity contribution < 1.29 is 23.5 Å². The van der Waals surface area contributed by atoms with Crippen LogP contribution in [-0.4, -0.2) is 78.4 Å². The summed E-state index contributed by atoms with van der Waals surface area (Å²) in [7, 11) is 0. The largest absolute Gasteiger partial charge is 0.489 e. The average molecular weight is 521 g/mol. The number of rotatable bonds is 5. The molecule has 3 fully saturated rings. The van der Waals surface area contributed by atoms with Gasteiger partial charge in [0.15, 0.2) is 0 Å². The van der Waals surface area contributed by atoms with E-state index in [1.165, 1.54) is 18.2 Å². The predicted octanol–water partition coefficient (Wildman–Crippen LogP) is 3.32. The monoisotopic (exact) mass is 520 g/mol. The van der Waals surface area contributed by atoms with Gasteiger partial charge in [0.05, 0.1) is 17.2 Å². The summed E-state index contributed by atoms with van der Waals surface area (Å²) in [6.07, 6.45) is 3.28. The normalized spacial score (nSPS) is 25.8. The van der Waals surface area contributed by atoms with Crippen LogP contribution in [0, 0.1) is 5.82 Å². The van der Waals surface area contributed by atoms with Crippen LogP contribution in [0.25, 0.3) is 0 Å². The Kier molecular flexibility index (Phi) is 8.51. The van der Waals surface area contributed by atoms with E-state index in [0.717, 1.165) is 17.7 Å². The zero-order valence-electron chi connectivity index (χ0n) is 20.8. The molecule has 2 heterocycles. The molecule has 196 valence electrons. The molecule has 1 saturated carbocycles. The molecule has 0 radical (unpaired) electrons. The van der Waals surface area contributed by atoms with E-state index in [2.05, 4.69) is 4.99 Å². The Morgan fingerprint density at radius 2 is 1.86 bits per heavy atom. The number of ether oxygens (including phenoxy) is 2. The lowest BCUT2D eigenvalue weighted by Gasteiger charge is -2.35. The van der Waals surface area contributed by atoms with Gasteiger partial charge >= 0.3 is 0 Å². The minimum absolute atomic E-state index is 0.0210. The van der Waals surface area contributed by atoms with Crippen LogP contribution >= 0.6 is 11.6 Å². The summed E-state index contributed by atoms with van der Waals surface area (Å²) in [5, 5.41) is 0.363. The number of amides is 2. The maximum Gasteiger partial charge on any atom is 0.270 e. The molecule has 4 rings (SSSR count). The zero-order valence-corrected chi connectivity index (χ0v) is 21.6. The van der Waals surface area contributed by atoms with Gasteiger partial charge in [-0.3, -0.25) is 14.6 Å². The van der Waals surface area contributed by atoms with Crippen LogP contribution < -0.4 is 10.5 Å². The number of hydrogen-bond donors (Lipinski definition) is 1. The second-order valence-electron chi connectivity index (χ2n) is 9.75. The molecule has 36 heavy (non-hydrogen) atoms. The number of carbonyl (C=O) groups excluding carboxylic acids is 2. The summed E-state index contributed by atoms with van der Waals surface area (Å²) >= 11 is 6.10. The highest BCUT2D eigenvalue weighted by molar-refractivity contribution is 6.32. The Morgan fingerprint density at radius 1 is 1.17 bits per heavy atom. The van der Waals surface area contributed by atoms with Gasteiger partial charge in [-0.1, -0.05) is 11.6 Å². The van der Waals surface area contributed by atoms with E-state index < -0.39 is 5.82 Å². The van der Waals surface area contributed by atoms with Crippen LogP contribution in [-0.2, 0) is 14.3 Å². The van der Waals surface area contributed by atoms with Crippen molar-refractivity contribution in [3.8, 4) is 5.75 Å². The lowest BCUT2D eigenvalue weighted by atomic mass is 10.1. The van der Waals surface area contributed by atoms with Gasteiger partial charge in [0.25, 0.3) is 5.91 Å². The third-order valence-electron chi connectivity index (χ3n) is 6.84. The molecule has 2 atom stereocenters. The smallest absolute Gasteiger partial charge is 0.270 e. The van der Waals surface area contributed by atoms with Crippen molar-refractivity contribution in [1.29, 1.82) is 0 Å². The molecule has 0 spiro atoms. The number of hydrogen-bond acceptors (Lipinski definition) is 6. The highest BCUT2D eigenvalue weighted by Gasteiger charge is 2.30. The fraction of sp³-hybridized carbons (Fsp3) is 0.577. The highest BCUT2D eigenvalue weighted by atomic mass is 35.5. The number of carbonyl (C=O) groups is 2. The molecule has 3 aliphatic rings. The molecule has 10 heteroatoms. The van der Waals surface area contributed by atoms with E-state index >= 15 is 0 Å². The van der Waals surface area contributed by atoms with Crippen molar-refractivity contribution in [3.05, 3.63) is 40.3 Å². The van der Waals surface area contributed by atoms with Crippen LogP contribution in [0.3, 0.4) is 0 Å². The summed E-state index contributed by atoms with van der Waals surface area (Å²) in [5.41, 5.74) is 8.05. The van der Waals surface area contributed by atoms with Crippen LogP contribution in [0.1, 0.15) is 46.0 Å². The van der Waals surface area contributed by atoms with Gasteiger partial charge in [0.2, 0.25) is 5.91 Å². The molecule has 1 aromatic rings. The number of nitrogens with two attached hydrogens (primary N) is 1. The van der Waals surface area contributed by atoms with Crippen molar-refractivity contribution in [2.45, 2.75) is 64.3 Å². The number of morpholine rings is 1. The SMILES string of the molecule is C[C@@H]1CN(C(=O)/C(N)=C2\CCCC2=NCC(=O)N2CCC(Oc3cc(F)ccc3Cl)CC2)C[C@H](C)O1.